The van der Waals surface area contributed by atoms with Crippen molar-refractivity contribution in [2.24, 2.45) is 10.8 Å². The third-order valence-corrected chi connectivity index (χ3v) is 5.28. The third kappa shape index (κ3) is 1.72. The number of Topliss-reactive ketones (excluding diaryl/α,β-unsaturated/α-hetero) is 1. The van der Waals surface area contributed by atoms with Crippen molar-refractivity contribution in [3.63, 3.8) is 0 Å². The summed E-state index contributed by atoms with van der Waals surface area (Å²) in [6.45, 7) is 0. The zero-order valence-corrected chi connectivity index (χ0v) is 11.8. The largest absolute Gasteiger partial charge is 0.388 e. The topological polar surface area (TPSA) is 37.3 Å². The van der Waals surface area contributed by atoms with E-state index >= 15 is 0 Å². The van der Waals surface area contributed by atoms with Crippen LogP contribution in [0.25, 0.3) is 0 Å². The van der Waals surface area contributed by atoms with E-state index in [-0.39, 0.29) is 16.6 Å². The van der Waals surface area contributed by atoms with Crippen LogP contribution in [-0.2, 0) is 0 Å². The molecular weight excluding hydrogens is 260 g/mol. The normalized spacial score (nSPS) is 30.9. The monoisotopic (exact) mass is 278 g/mol. The molecule has 2 nitrogen and oxygen atoms in total. The second-order valence-electron chi connectivity index (χ2n) is 6.68. The fraction of sp³-hybridized carbons (Fsp3) is 0.316. The van der Waals surface area contributed by atoms with E-state index in [2.05, 4.69) is 0 Å². The Morgan fingerprint density at radius 1 is 0.905 bits per heavy atom. The van der Waals surface area contributed by atoms with Gasteiger partial charge in [-0.25, -0.2) is 0 Å². The van der Waals surface area contributed by atoms with Gasteiger partial charge in [0, 0.05) is 16.4 Å². The van der Waals surface area contributed by atoms with Crippen LogP contribution in [0.2, 0.25) is 0 Å². The fourth-order valence-electron chi connectivity index (χ4n) is 4.28. The SMILES string of the molecule is O=C(c1ccccc1)C12CC(C(O)c3ccccc3)(C1)C2. The van der Waals surface area contributed by atoms with Gasteiger partial charge in [0.1, 0.15) is 0 Å². The molecule has 1 unspecified atom stereocenters. The van der Waals surface area contributed by atoms with E-state index in [0.717, 1.165) is 30.4 Å². The number of hydrogen-bond acceptors (Lipinski definition) is 2. The van der Waals surface area contributed by atoms with Crippen molar-refractivity contribution < 1.29 is 9.90 Å². The predicted octanol–water partition coefficient (Wildman–Crippen LogP) is 3.77. The Hall–Kier alpha value is -1.93. The average molecular weight is 278 g/mol. The van der Waals surface area contributed by atoms with E-state index < -0.39 is 6.10 Å². The molecule has 2 aromatic rings. The fourth-order valence-corrected chi connectivity index (χ4v) is 4.28. The Bertz CT molecular complexity index is 655. The summed E-state index contributed by atoms with van der Waals surface area (Å²) in [6.07, 6.45) is 2.03. The minimum absolute atomic E-state index is 0.0637. The smallest absolute Gasteiger partial charge is 0.169 e. The van der Waals surface area contributed by atoms with Crippen LogP contribution in [0.4, 0.5) is 0 Å². The molecule has 0 aromatic heterocycles. The standard InChI is InChI=1S/C19H18O2/c20-16(14-7-3-1-4-8-14)18-11-19(12-18,13-18)17(21)15-9-5-2-6-10-15/h1-10,16,20H,11-13H2. The highest BCUT2D eigenvalue weighted by atomic mass is 16.3. The molecule has 106 valence electrons. The van der Waals surface area contributed by atoms with Crippen LogP contribution in [0.3, 0.4) is 0 Å². The first-order valence-corrected chi connectivity index (χ1v) is 7.48. The van der Waals surface area contributed by atoms with Gasteiger partial charge in [-0.2, -0.15) is 0 Å². The second-order valence-corrected chi connectivity index (χ2v) is 6.68. The van der Waals surface area contributed by atoms with Crippen molar-refractivity contribution in [2.75, 3.05) is 0 Å². The first kappa shape index (κ1) is 12.8. The Kier molecular flexibility index (Phi) is 2.61. The summed E-state index contributed by atoms with van der Waals surface area (Å²) in [7, 11) is 0. The third-order valence-electron chi connectivity index (χ3n) is 5.28. The Balaban J connectivity index is 1.50. The molecule has 0 aliphatic heterocycles. The Labute approximate surface area is 124 Å². The maximum atomic E-state index is 12.6. The molecule has 0 heterocycles. The van der Waals surface area contributed by atoms with Gasteiger partial charge in [-0.1, -0.05) is 60.7 Å². The van der Waals surface area contributed by atoms with Crippen molar-refractivity contribution in [3.05, 3.63) is 71.8 Å². The van der Waals surface area contributed by atoms with Crippen LogP contribution < -0.4 is 0 Å². The van der Waals surface area contributed by atoms with Crippen LogP contribution in [-0.4, -0.2) is 10.9 Å². The number of carbonyl (C=O) groups is 1. The van der Waals surface area contributed by atoms with Crippen LogP contribution in [0.1, 0.15) is 41.3 Å². The van der Waals surface area contributed by atoms with Gasteiger partial charge >= 0.3 is 0 Å². The predicted molar refractivity (Wildman–Crippen MR) is 80.9 cm³/mol. The number of ketones is 1. The lowest BCUT2D eigenvalue weighted by Crippen LogP contribution is -2.67. The zero-order chi connectivity index (χ0) is 14.5. The molecule has 2 bridgehead atoms. The molecule has 3 aliphatic rings. The van der Waals surface area contributed by atoms with Crippen LogP contribution in [0.5, 0.6) is 0 Å². The molecule has 1 atom stereocenters. The number of aliphatic hydroxyl groups is 1. The molecule has 0 radical (unpaired) electrons. The summed E-state index contributed by atoms with van der Waals surface area (Å²) < 4.78 is 0. The lowest BCUT2D eigenvalue weighted by molar-refractivity contribution is -0.228. The summed E-state index contributed by atoms with van der Waals surface area (Å²) in [5.41, 5.74) is 1.51. The summed E-state index contributed by atoms with van der Waals surface area (Å²) in [5, 5.41) is 10.6. The number of aliphatic hydroxyl groups excluding tert-OH is 1. The average Bonchev–Trinajstić information content (AvgIpc) is 2.46. The quantitative estimate of drug-likeness (QED) is 0.864. The van der Waals surface area contributed by atoms with E-state index in [1.54, 1.807) is 0 Å². The highest BCUT2D eigenvalue weighted by Crippen LogP contribution is 2.78. The summed E-state index contributed by atoms with van der Waals surface area (Å²) >= 11 is 0. The molecule has 0 saturated heterocycles. The maximum Gasteiger partial charge on any atom is 0.169 e. The van der Waals surface area contributed by atoms with E-state index in [4.69, 9.17) is 0 Å². The van der Waals surface area contributed by atoms with Crippen LogP contribution >= 0.6 is 0 Å². The van der Waals surface area contributed by atoms with Crippen molar-refractivity contribution in [2.45, 2.75) is 25.4 Å². The summed E-state index contributed by atoms with van der Waals surface area (Å²) in [4.78, 5) is 12.6. The van der Waals surface area contributed by atoms with Crippen LogP contribution in [0, 0.1) is 10.8 Å². The molecule has 0 spiro atoms. The molecule has 0 amide bonds. The lowest BCUT2D eigenvalue weighted by Gasteiger charge is -2.71. The van der Waals surface area contributed by atoms with E-state index in [9.17, 15) is 9.90 Å². The lowest BCUT2D eigenvalue weighted by atomic mass is 9.32. The molecule has 3 saturated carbocycles. The Morgan fingerprint density at radius 2 is 1.43 bits per heavy atom. The van der Waals surface area contributed by atoms with Gasteiger partial charge in [-0.05, 0) is 24.8 Å². The van der Waals surface area contributed by atoms with Gasteiger partial charge in [0.05, 0.1) is 6.10 Å². The number of rotatable bonds is 4. The van der Waals surface area contributed by atoms with Gasteiger partial charge in [-0.3, -0.25) is 4.79 Å². The first-order chi connectivity index (χ1) is 10.2. The Morgan fingerprint density at radius 3 is 2.00 bits per heavy atom. The highest BCUT2D eigenvalue weighted by Gasteiger charge is 2.73. The number of hydrogen-bond donors (Lipinski definition) is 1. The van der Waals surface area contributed by atoms with E-state index in [0.29, 0.717) is 0 Å². The summed E-state index contributed by atoms with van der Waals surface area (Å²) in [5.74, 6) is 0.255. The van der Waals surface area contributed by atoms with Crippen molar-refractivity contribution >= 4 is 5.78 Å². The van der Waals surface area contributed by atoms with Crippen molar-refractivity contribution in [1.82, 2.24) is 0 Å². The molecule has 3 fully saturated rings. The van der Waals surface area contributed by atoms with E-state index in [1.165, 1.54) is 0 Å². The number of carbonyl (C=O) groups excluding carboxylic acids is 1. The van der Waals surface area contributed by atoms with Gasteiger partial charge < -0.3 is 5.11 Å². The van der Waals surface area contributed by atoms with Gasteiger partial charge in [0.15, 0.2) is 5.78 Å². The molecule has 1 N–H and O–H groups in total. The van der Waals surface area contributed by atoms with E-state index in [1.807, 2.05) is 60.7 Å². The second kappa shape index (κ2) is 4.28. The first-order valence-electron chi connectivity index (χ1n) is 7.48. The molecule has 21 heavy (non-hydrogen) atoms. The van der Waals surface area contributed by atoms with Crippen molar-refractivity contribution in [3.8, 4) is 0 Å². The molecule has 2 heteroatoms. The molecule has 3 aliphatic carbocycles. The maximum absolute atomic E-state index is 12.6. The summed E-state index contributed by atoms with van der Waals surface area (Å²) in [6, 6.07) is 19.3. The van der Waals surface area contributed by atoms with Crippen LogP contribution in [0.15, 0.2) is 60.7 Å². The minimum Gasteiger partial charge on any atom is -0.388 e. The zero-order valence-electron chi connectivity index (χ0n) is 11.8. The minimum atomic E-state index is -0.441. The van der Waals surface area contributed by atoms with Gasteiger partial charge in [0.2, 0.25) is 0 Å². The van der Waals surface area contributed by atoms with Crippen molar-refractivity contribution in [1.29, 1.82) is 0 Å². The molecular formula is C19H18O2. The van der Waals surface area contributed by atoms with Gasteiger partial charge in [-0.15, -0.1) is 0 Å². The highest BCUT2D eigenvalue weighted by molar-refractivity contribution is 6.02. The van der Waals surface area contributed by atoms with Gasteiger partial charge in [0.25, 0.3) is 0 Å². The molecule has 5 rings (SSSR count). The number of benzene rings is 2. The molecule has 2 aromatic carbocycles.